The fourth-order valence-corrected chi connectivity index (χ4v) is 6.04. The van der Waals surface area contributed by atoms with Crippen molar-refractivity contribution in [3.05, 3.63) is 29.2 Å². The van der Waals surface area contributed by atoms with Crippen molar-refractivity contribution < 1.29 is 22.7 Å². The number of ether oxygens (including phenoxy) is 2. The summed E-state index contributed by atoms with van der Waals surface area (Å²) >= 11 is 0. The number of methoxy groups -OCH3 is 1. The number of aryl methyl sites for hydroxylation is 1. The number of H-pyrrole nitrogens is 1. The predicted octanol–water partition coefficient (Wildman–Crippen LogP) is 0.985. The van der Waals surface area contributed by atoms with Gasteiger partial charge >= 0.3 is 0 Å². The number of rotatable bonds is 9. The second-order valence-electron chi connectivity index (χ2n) is 9.03. The van der Waals surface area contributed by atoms with Crippen LogP contribution in [-0.2, 0) is 21.2 Å². The molecular weight excluding hydrogens is 486 g/mol. The van der Waals surface area contributed by atoms with Gasteiger partial charge in [0.1, 0.15) is 17.2 Å². The predicted molar refractivity (Wildman–Crippen MR) is 134 cm³/mol. The first kappa shape index (κ1) is 26.3. The molecule has 0 saturated carbocycles. The van der Waals surface area contributed by atoms with Crippen molar-refractivity contribution in [1.82, 2.24) is 29.7 Å². The van der Waals surface area contributed by atoms with Gasteiger partial charge in [0, 0.05) is 40.3 Å². The first-order valence-corrected chi connectivity index (χ1v) is 13.6. The third-order valence-corrected chi connectivity index (χ3v) is 8.53. The molecule has 12 nitrogen and oxygen atoms in total. The van der Waals surface area contributed by atoms with E-state index in [0.717, 1.165) is 12.2 Å². The number of carbonyl (C=O) groups excluding carboxylic acids is 1. The number of piperazine rings is 1. The average Bonchev–Trinajstić information content (AvgIpc) is 3.32. The molecule has 2 N–H and O–H groups in total. The molecule has 0 aliphatic carbocycles. The average molecular weight is 522 g/mol. The number of nitrogens with zero attached hydrogens (tertiary/aromatic N) is 5. The Labute approximate surface area is 212 Å². The number of likely N-dealkylation sites (N-methyl/N-ethyl adjacent to an activating group) is 1. The molecule has 0 bridgehead atoms. The monoisotopic (exact) mass is 521 g/mol. The summed E-state index contributed by atoms with van der Waals surface area (Å²) in [7, 11) is -0.392. The molecule has 4 heterocycles. The number of aromatic nitrogens is 3. The molecule has 2 aromatic rings. The Hall–Kier alpha value is -2.74. The van der Waals surface area contributed by atoms with Gasteiger partial charge in [-0.3, -0.25) is 9.89 Å². The van der Waals surface area contributed by atoms with Crippen LogP contribution in [0.3, 0.4) is 0 Å². The van der Waals surface area contributed by atoms with E-state index in [9.17, 15) is 13.2 Å². The molecule has 13 heteroatoms. The fraction of sp³-hybridized carbons (Fsp3) is 0.609. The Balaban J connectivity index is 1.74. The van der Waals surface area contributed by atoms with Crippen molar-refractivity contribution in [3.63, 3.8) is 0 Å². The highest BCUT2D eigenvalue weighted by Crippen LogP contribution is 2.37. The molecular formula is C23H35N7O5S. The number of amides is 1. The van der Waals surface area contributed by atoms with Crippen LogP contribution in [0.25, 0.3) is 0 Å². The van der Waals surface area contributed by atoms with Gasteiger partial charge in [-0.2, -0.15) is 9.40 Å². The van der Waals surface area contributed by atoms with Crippen LogP contribution >= 0.6 is 0 Å². The van der Waals surface area contributed by atoms with Gasteiger partial charge < -0.3 is 24.6 Å². The summed E-state index contributed by atoms with van der Waals surface area (Å²) in [5.41, 5.74) is 2.22. The van der Waals surface area contributed by atoms with Gasteiger partial charge in [-0.15, -0.1) is 0 Å². The Morgan fingerprint density at radius 2 is 1.94 bits per heavy atom. The topological polar surface area (TPSA) is 133 Å². The van der Waals surface area contributed by atoms with Crippen LogP contribution in [0.4, 0.5) is 5.69 Å². The second-order valence-corrected chi connectivity index (χ2v) is 11.0. The van der Waals surface area contributed by atoms with E-state index in [1.165, 1.54) is 10.5 Å². The lowest BCUT2D eigenvalue weighted by molar-refractivity contribution is 0.0863. The number of carbonyl (C=O) groups is 1. The Morgan fingerprint density at radius 1 is 1.22 bits per heavy atom. The van der Waals surface area contributed by atoms with Crippen LogP contribution in [0.15, 0.2) is 17.2 Å². The van der Waals surface area contributed by atoms with Crippen molar-refractivity contribution >= 4 is 21.6 Å². The Morgan fingerprint density at radius 3 is 2.58 bits per heavy atom. The van der Waals surface area contributed by atoms with Gasteiger partial charge in [0.25, 0.3) is 5.91 Å². The molecule has 1 unspecified atom stereocenters. The molecule has 1 saturated heterocycles. The lowest BCUT2D eigenvalue weighted by Gasteiger charge is -2.36. The van der Waals surface area contributed by atoms with E-state index in [2.05, 4.69) is 32.3 Å². The zero-order chi connectivity index (χ0) is 26.0. The first-order chi connectivity index (χ1) is 17.2. The molecule has 2 atom stereocenters. The number of nitrogens with one attached hydrogen (secondary N) is 2. The maximum Gasteiger partial charge on any atom is 0.275 e. The van der Waals surface area contributed by atoms with Crippen LogP contribution in [0.2, 0.25) is 0 Å². The minimum atomic E-state index is -3.79. The summed E-state index contributed by atoms with van der Waals surface area (Å²) in [6.45, 7) is 9.24. The maximum absolute atomic E-state index is 13.5. The van der Waals surface area contributed by atoms with Gasteiger partial charge in [-0.1, -0.05) is 13.8 Å². The molecule has 2 aliphatic rings. The first-order valence-electron chi connectivity index (χ1n) is 12.2. The number of pyridine rings is 1. The van der Waals surface area contributed by atoms with Gasteiger partial charge in [-0.05, 0) is 26.0 Å². The minimum Gasteiger partial charge on any atom is -0.472 e. The summed E-state index contributed by atoms with van der Waals surface area (Å²) in [4.78, 5) is 21.5. The highest BCUT2D eigenvalue weighted by Gasteiger charge is 2.37. The zero-order valence-electron chi connectivity index (χ0n) is 21.4. The number of sulfonamides is 1. The lowest BCUT2D eigenvalue weighted by atomic mass is 10.1. The summed E-state index contributed by atoms with van der Waals surface area (Å²) in [6.07, 6.45) is 0.922. The van der Waals surface area contributed by atoms with E-state index in [-0.39, 0.29) is 22.8 Å². The van der Waals surface area contributed by atoms with E-state index in [1.807, 2.05) is 25.8 Å². The molecule has 1 fully saturated rings. The molecule has 0 radical (unpaired) electrons. The largest absolute Gasteiger partial charge is 0.472 e. The molecule has 198 valence electrons. The summed E-state index contributed by atoms with van der Waals surface area (Å²) < 4.78 is 39.8. The van der Waals surface area contributed by atoms with Crippen LogP contribution in [0.1, 0.15) is 48.7 Å². The normalized spacial score (nSPS) is 20.2. The number of aromatic amines is 1. The molecule has 0 aromatic carbocycles. The van der Waals surface area contributed by atoms with Gasteiger partial charge in [-0.25, -0.2) is 13.4 Å². The molecule has 0 spiro atoms. The Bertz CT molecular complexity index is 1190. The second kappa shape index (κ2) is 10.7. The fourth-order valence-electron chi connectivity index (χ4n) is 4.64. The van der Waals surface area contributed by atoms with Crippen molar-refractivity contribution in [2.24, 2.45) is 0 Å². The summed E-state index contributed by atoms with van der Waals surface area (Å²) in [6, 6.07) is 1.56. The van der Waals surface area contributed by atoms with Gasteiger partial charge in [0.2, 0.25) is 15.9 Å². The minimum absolute atomic E-state index is 0.0607. The number of anilines is 1. The van der Waals surface area contributed by atoms with Crippen molar-refractivity contribution in [2.45, 2.75) is 44.4 Å². The van der Waals surface area contributed by atoms with Crippen LogP contribution in [0, 0.1) is 0 Å². The standard InChI is InChI=1S/C23H35N7O5S/c1-6-18-20-19(27-26-18)22(31)25-21(28(20)4)17-12-16(13-24-23(17)35-15(3)14-34-5)36(32,33)30-10-8-29(7-2)9-11-30/h12-13,15,21H,6-11,14H2,1-5H3,(H,25,31)(H,26,27)/t15-,21?/m1/s1. The van der Waals surface area contributed by atoms with Crippen LogP contribution < -0.4 is 15.0 Å². The van der Waals surface area contributed by atoms with E-state index in [4.69, 9.17) is 9.47 Å². The number of fused-ring (bicyclic) bond motifs is 1. The zero-order valence-corrected chi connectivity index (χ0v) is 22.3. The summed E-state index contributed by atoms with van der Waals surface area (Å²) in [5.74, 6) is -0.125. The number of hydrogen-bond acceptors (Lipinski definition) is 9. The molecule has 1 amide bonds. The quantitative estimate of drug-likeness (QED) is 0.495. The molecule has 2 aliphatic heterocycles. The molecule has 2 aromatic heterocycles. The Kier molecular flexibility index (Phi) is 7.83. The van der Waals surface area contributed by atoms with Crippen molar-refractivity contribution in [2.75, 3.05) is 58.4 Å². The van der Waals surface area contributed by atoms with E-state index in [1.54, 1.807) is 13.2 Å². The van der Waals surface area contributed by atoms with Gasteiger partial charge in [0.05, 0.1) is 29.7 Å². The third-order valence-electron chi connectivity index (χ3n) is 6.67. The highest BCUT2D eigenvalue weighted by molar-refractivity contribution is 7.89. The van der Waals surface area contributed by atoms with Crippen molar-refractivity contribution in [1.29, 1.82) is 0 Å². The van der Waals surface area contributed by atoms with Gasteiger partial charge in [0.15, 0.2) is 5.69 Å². The number of hydrogen-bond donors (Lipinski definition) is 2. The highest BCUT2D eigenvalue weighted by atomic mass is 32.2. The molecule has 36 heavy (non-hydrogen) atoms. The third kappa shape index (κ3) is 4.92. The smallest absolute Gasteiger partial charge is 0.275 e. The van der Waals surface area contributed by atoms with Crippen LogP contribution in [-0.4, -0.2) is 98.3 Å². The maximum atomic E-state index is 13.5. The lowest BCUT2D eigenvalue weighted by Crippen LogP contribution is -2.48. The SMILES string of the molecule is CCc1[nH]nc2c1N(C)C(c1cc(S(=O)(=O)N3CCN(CC)CC3)cnc1O[C@H](C)COC)NC2=O. The molecule has 4 rings (SSSR count). The van der Waals surface area contributed by atoms with E-state index in [0.29, 0.717) is 56.2 Å². The summed E-state index contributed by atoms with van der Waals surface area (Å²) in [5, 5.41) is 10.0. The van der Waals surface area contributed by atoms with E-state index >= 15 is 0 Å². The van der Waals surface area contributed by atoms with E-state index < -0.39 is 16.2 Å². The van der Waals surface area contributed by atoms with Crippen LogP contribution in [0.5, 0.6) is 5.88 Å². The van der Waals surface area contributed by atoms with Crippen molar-refractivity contribution in [3.8, 4) is 5.88 Å².